The first kappa shape index (κ1) is 9.13. The molecule has 1 heterocycles. The highest BCUT2D eigenvalue weighted by Gasteiger charge is 2.19. The van der Waals surface area contributed by atoms with Crippen molar-refractivity contribution in [1.29, 1.82) is 0 Å². The predicted molar refractivity (Wildman–Crippen MR) is 58.5 cm³/mol. The highest BCUT2D eigenvalue weighted by Crippen LogP contribution is 2.36. The van der Waals surface area contributed by atoms with E-state index in [1.54, 1.807) is 0 Å². The van der Waals surface area contributed by atoms with Crippen LogP contribution in [-0.4, -0.2) is 0 Å². The van der Waals surface area contributed by atoms with Crippen LogP contribution in [0.1, 0.15) is 26.3 Å². The first-order valence-electron chi connectivity index (χ1n) is 4.75. The minimum atomic E-state index is 0.167. The highest BCUT2D eigenvalue weighted by molar-refractivity contribution is 5.65. The molecule has 0 fully saturated rings. The van der Waals surface area contributed by atoms with Crippen molar-refractivity contribution in [3.8, 4) is 5.75 Å². The Bertz CT molecular complexity index is 388. The molecule has 0 saturated carbocycles. The molecule has 0 unspecified atom stereocenters. The fourth-order valence-corrected chi connectivity index (χ4v) is 1.49. The summed E-state index contributed by atoms with van der Waals surface area (Å²) in [5.41, 5.74) is 2.48. The van der Waals surface area contributed by atoms with Gasteiger partial charge in [0.15, 0.2) is 11.6 Å². The van der Waals surface area contributed by atoms with Gasteiger partial charge in [0.1, 0.15) is 0 Å². The second-order valence-electron chi connectivity index (χ2n) is 4.61. The van der Waals surface area contributed by atoms with Crippen molar-refractivity contribution in [3.63, 3.8) is 0 Å². The Kier molecular flexibility index (Phi) is 1.81. The van der Waals surface area contributed by atoms with Gasteiger partial charge in [-0.2, -0.15) is 0 Å². The molecule has 2 rings (SSSR count). The second kappa shape index (κ2) is 2.77. The molecule has 2 heteroatoms. The van der Waals surface area contributed by atoms with Crippen molar-refractivity contribution in [2.24, 2.45) is 0 Å². The topological polar surface area (TPSA) is 21.3 Å². The maximum atomic E-state index is 5.37. The summed E-state index contributed by atoms with van der Waals surface area (Å²) in [6, 6.07) is 6.20. The molecule has 0 saturated heterocycles. The molecule has 1 aliphatic heterocycles. The predicted octanol–water partition coefficient (Wildman–Crippen LogP) is 3.26. The van der Waals surface area contributed by atoms with Crippen LogP contribution in [0.5, 0.6) is 5.75 Å². The van der Waals surface area contributed by atoms with Crippen molar-refractivity contribution in [2.75, 3.05) is 5.32 Å². The number of nitrogens with one attached hydrogen (secondary N) is 1. The van der Waals surface area contributed by atoms with Crippen LogP contribution in [0.2, 0.25) is 0 Å². The van der Waals surface area contributed by atoms with Gasteiger partial charge in [0.05, 0.1) is 5.69 Å². The molecule has 0 atom stereocenters. The zero-order valence-electron chi connectivity index (χ0n) is 8.85. The summed E-state index contributed by atoms with van der Waals surface area (Å²) < 4.78 is 5.37. The van der Waals surface area contributed by atoms with E-state index in [9.17, 15) is 0 Å². The Morgan fingerprint density at radius 3 is 2.64 bits per heavy atom. The van der Waals surface area contributed by atoms with E-state index in [1.165, 1.54) is 5.56 Å². The monoisotopic (exact) mass is 189 g/mol. The van der Waals surface area contributed by atoms with Gasteiger partial charge in [0.2, 0.25) is 0 Å². The third kappa shape index (κ3) is 1.48. The van der Waals surface area contributed by atoms with Gasteiger partial charge in [-0.15, -0.1) is 0 Å². The molecule has 1 N–H and O–H groups in total. The lowest BCUT2D eigenvalue weighted by molar-refractivity contribution is 0.459. The van der Waals surface area contributed by atoms with Gasteiger partial charge in [0.25, 0.3) is 0 Å². The van der Waals surface area contributed by atoms with Crippen molar-refractivity contribution >= 4 is 5.69 Å². The molecule has 0 aromatic heterocycles. The minimum Gasteiger partial charge on any atom is -0.440 e. The van der Waals surface area contributed by atoms with Crippen LogP contribution in [0.15, 0.2) is 30.7 Å². The van der Waals surface area contributed by atoms with Gasteiger partial charge >= 0.3 is 0 Å². The molecule has 2 nitrogen and oxygen atoms in total. The van der Waals surface area contributed by atoms with Crippen molar-refractivity contribution < 1.29 is 4.74 Å². The lowest BCUT2D eigenvalue weighted by atomic mass is 9.87. The van der Waals surface area contributed by atoms with Gasteiger partial charge in [-0.05, 0) is 29.7 Å². The molecule has 0 aliphatic carbocycles. The average molecular weight is 189 g/mol. The van der Waals surface area contributed by atoms with Crippen molar-refractivity contribution in [1.82, 2.24) is 0 Å². The summed E-state index contributed by atoms with van der Waals surface area (Å²) in [4.78, 5) is 0. The number of benzene rings is 1. The smallest absolute Gasteiger partial charge is 0.190 e. The zero-order valence-corrected chi connectivity index (χ0v) is 8.85. The fraction of sp³-hybridized carbons (Fsp3) is 0.333. The van der Waals surface area contributed by atoms with Crippen LogP contribution in [0.4, 0.5) is 5.69 Å². The molecule has 0 radical (unpaired) electrons. The summed E-state index contributed by atoms with van der Waals surface area (Å²) in [5.74, 6) is 1.47. The molecule has 0 bridgehead atoms. The van der Waals surface area contributed by atoms with E-state index in [4.69, 9.17) is 4.74 Å². The summed E-state index contributed by atoms with van der Waals surface area (Å²) in [6.07, 6.45) is 0. The van der Waals surface area contributed by atoms with E-state index in [2.05, 4.69) is 44.8 Å². The van der Waals surface area contributed by atoms with E-state index in [1.807, 2.05) is 6.07 Å². The Morgan fingerprint density at radius 2 is 2.00 bits per heavy atom. The number of fused-ring (bicyclic) bond motifs is 1. The quantitative estimate of drug-likeness (QED) is 0.676. The van der Waals surface area contributed by atoms with Crippen LogP contribution in [-0.2, 0) is 5.41 Å². The van der Waals surface area contributed by atoms with Crippen LogP contribution >= 0.6 is 0 Å². The van der Waals surface area contributed by atoms with Crippen LogP contribution in [0.25, 0.3) is 0 Å². The Morgan fingerprint density at radius 1 is 1.29 bits per heavy atom. The van der Waals surface area contributed by atoms with E-state index in [0.717, 1.165) is 11.4 Å². The standard InChI is InChI=1S/C12H15NO/c1-8-13-10-7-9(12(2,3)4)5-6-11(10)14-8/h5-7,13H,1H2,2-4H3. The Hall–Kier alpha value is -1.44. The van der Waals surface area contributed by atoms with Crippen LogP contribution in [0, 0.1) is 0 Å². The maximum Gasteiger partial charge on any atom is 0.190 e. The molecule has 74 valence electrons. The summed E-state index contributed by atoms with van der Waals surface area (Å²) in [5, 5.41) is 3.09. The molecule has 1 aromatic rings. The number of rotatable bonds is 0. The molecular formula is C12H15NO. The van der Waals surface area contributed by atoms with Crippen LogP contribution < -0.4 is 10.1 Å². The van der Waals surface area contributed by atoms with E-state index in [-0.39, 0.29) is 5.41 Å². The molecule has 0 amide bonds. The largest absolute Gasteiger partial charge is 0.440 e. The number of hydrogen-bond donors (Lipinski definition) is 1. The summed E-state index contributed by atoms with van der Waals surface area (Å²) >= 11 is 0. The number of anilines is 1. The minimum absolute atomic E-state index is 0.167. The Labute approximate surface area is 84.6 Å². The van der Waals surface area contributed by atoms with Gasteiger partial charge < -0.3 is 10.1 Å². The van der Waals surface area contributed by atoms with E-state index < -0.39 is 0 Å². The van der Waals surface area contributed by atoms with Crippen molar-refractivity contribution in [3.05, 3.63) is 36.2 Å². The lowest BCUT2D eigenvalue weighted by Crippen LogP contribution is -2.10. The lowest BCUT2D eigenvalue weighted by Gasteiger charge is -2.19. The van der Waals surface area contributed by atoms with Crippen LogP contribution in [0.3, 0.4) is 0 Å². The molecule has 1 aromatic carbocycles. The SMILES string of the molecule is C=C1Nc2cc(C(C)(C)C)ccc2O1. The summed E-state index contributed by atoms with van der Waals surface area (Å²) in [6.45, 7) is 10.3. The van der Waals surface area contributed by atoms with Gasteiger partial charge in [0, 0.05) is 0 Å². The molecular weight excluding hydrogens is 174 g/mol. The first-order valence-corrected chi connectivity index (χ1v) is 4.75. The molecule has 14 heavy (non-hydrogen) atoms. The van der Waals surface area contributed by atoms with Crippen molar-refractivity contribution in [2.45, 2.75) is 26.2 Å². The molecule has 0 spiro atoms. The third-order valence-corrected chi connectivity index (χ3v) is 2.35. The third-order valence-electron chi connectivity index (χ3n) is 2.35. The first-order chi connectivity index (χ1) is 6.47. The van der Waals surface area contributed by atoms with Gasteiger partial charge in [-0.25, -0.2) is 0 Å². The highest BCUT2D eigenvalue weighted by atomic mass is 16.5. The fourth-order valence-electron chi connectivity index (χ4n) is 1.49. The number of hydrogen-bond acceptors (Lipinski definition) is 2. The zero-order chi connectivity index (χ0) is 10.3. The summed E-state index contributed by atoms with van der Waals surface area (Å²) in [7, 11) is 0. The molecule has 1 aliphatic rings. The van der Waals surface area contributed by atoms with Gasteiger partial charge in [-0.3, -0.25) is 0 Å². The maximum absolute atomic E-state index is 5.37. The van der Waals surface area contributed by atoms with Gasteiger partial charge in [-0.1, -0.05) is 26.8 Å². The Balaban J connectivity index is 2.43. The van der Waals surface area contributed by atoms with E-state index >= 15 is 0 Å². The normalized spacial score (nSPS) is 14.6. The van der Waals surface area contributed by atoms with E-state index in [0.29, 0.717) is 5.88 Å². The second-order valence-corrected chi connectivity index (χ2v) is 4.61. The number of ether oxygens (including phenoxy) is 1. The average Bonchev–Trinajstić information content (AvgIpc) is 2.41.